The Morgan fingerprint density at radius 1 is 0.789 bits per heavy atom. The lowest BCUT2D eigenvalue weighted by Crippen LogP contribution is -2.63. The van der Waals surface area contributed by atoms with Crippen molar-refractivity contribution in [1.82, 2.24) is 20.0 Å². The molecule has 3 aromatic carbocycles. The Hall–Kier alpha value is -5.45. The van der Waals surface area contributed by atoms with Crippen LogP contribution in [0.15, 0.2) is 60.7 Å². The number of rotatable bonds is 6. The molecule has 14 heteroatoms. The molecule has 5 amide bonds. The number of piperidine rings is 2. The predicted octanol–water partition coefficient (Wildman–Crippen LogP) is 4.14. The van der Waals surface area contributed by atoms with Crippen LogP contribution in [0.5, 0.6) is 0 Å². The van der Waals surface area contributed by atoms with Crippen molar-refractivity contribution in [3.8, 4) is 6.07 Å². The van der Waals surface area contributed by atoms with Crippen LogP contribution in [0.3, 0.4) is 0 Å². The Morgan fingerprint density at radius 3 is 2.14 bits per heavy atom. The summed E-state index contributed by atoms with van der Waals surface area (Å²) in [5.41, 5.74) is 5.09. The largest absolute Gasteiger partial charge is 0.371 e. The van der Waals surface area contributed by atoms with Gasteiger partial charge in [-0.1, -0.05) is 11.6 Å². The smallest absolute Gasteiger partial charge is 0.262 e. The van der Waals surface area contributed by atoms with Gasteiger partial charge in [-0.15, -0.1) is 0 Å². The third-order valence-corrected chi connectivity index (χ3v) is 13.9. The average molecular weight is 789 g/mol. The third kappa shape index (κ3) is 6.48. The number of fused-ring (bicyclic) bond motifs is 1. The highest BCUT2D eigenvalue weighted by atomic mass is 35.5. The summed E-state index contributed by atoms with van der Waals surface area (Å²) in [7, 11) is 0. The molecule has 0 bridgehead atoms. The van der Waals surface area contributed by atoms with Crippen LogP contribution in [0.2, 0.25) is 5.02 Å². The minimum absolute atomic E-state index is 0.0560. The van der Waals surface area contributed by atoms with E-state index >= 15 is 0 Å². The van der Waals surface area contributed by atoms with Gasteiger partial charge in [0, 0.05) is 100 Å². The van der Waals surface area contributed by atoms with Crippen LogP contribution in [-0.2, 0) is 9.59 Å². The van der Waals surface area contributed by atoms with Crippen LogP contribution in [0.25, 0.3) is 0 Å². The lowest BCUT2D eigenvalue weighted by Gasteiger charge is -2.49. The minimum atomic E-state index is -0.983. The molecule has 0 aromatic heterocycles. The summed E-state index contributed by atoms with van der Waals surface area (Å²) in [4.78, 5) is 76.4. The van der Waals surface area contributed by atoms with Crippen molar-refractivity contribution < 1.29 is 24.0 Å². The van der Waals surface area contributed by atoms with E-state index in [9.17, 15) is 29.2 Å². The van der Waals surface area contributed by atoms with Crippen LogP contribution < -0.4 is 20.0 Å². The molecule has 6 heterocycles. The lowest BCUT2D eigenvalue weighted by molar-refractivity contribution is -0.136. The number of nitriles is 1. The number of anilines is 3. The number of benzene rings is 3. The molecule has 13 nitrogen and oxygen atoms in total. The van der Waals surface area contributed by atoms with E-state index in [2.05, 4.69) is 50.0 Å². The Balaban J connectivity index is 0.742. The molecule has 5 fully saturated rings. The number of nitrogens with one attached hydrogen (secondary N) is 1. The first kappa shape index (κ1) is 37.1. The third-order valence-electron chi connectivity index (χ3n) is 13.6. The maximum atomic E-state index is 13.6. The molecule has 294 valence electrons. The first-order chi connectivity index (χ1) is 27.5. The van der Waals surface area contributed by atoms with Gasteiger partial charge in [0.05, 0.1) is 21.7 Å². The van der Waals surface area contributed by atoms with Gasteiger partial charge in [0.25, 0.3) is 17.7 Å². The molecule has 3 aromatic rings. The minimum Gasteiger partial charge on any atom is -0.371 e. The Bertz CT molecular complexity index is 2200. The fourth-order valence-corrected chi connectivity index (χ4v) is 10.1. The van der Waals surface area contributed by atoms with E-state index in [0.29, 0.717) is 41.3 Å². The van der Waals surface area contributed by atoms with E-state index in [-0.39, 0.29) is 35.3 Å². The van der Waals surface area contributed by atoms with Crippen molar-refractivity contribution in [1.29, 1.82) is 5.26 Å². The normalized spacial score (nSPS) is 23.8. The van der Waals surface area contributed by atoms with Crippen LogP contribution in [0.4, 0.5) is 17.1 Å². The zero-order chi connectivity index (χ0) is 39.6. The molecule has 6 aliphatic heterocycles. The van der Waals surface area contributed by atoms with Gasteiger partial charge in [-0.3, -0.25) is 39.1 Å². The Labute approximate surface area is 336 Å². The molecule has 9 rings (SSSR count). The van der Waals surface area contributed by atoms with Crippen LogP contribution in [-0.4, -0.2) is 121 Å². The molecule has 2 unspecified atom stereocenters. The van der Waals surface area contributed by atoms with E-state index in [0.717, 1.165) is 87.0 Å². The van der Waals surface area contributed by atoms with E-state index in [1.54, 1.807) is 12.1 Å². The summed E-state index contributed by atoms with van der Waals surface area (Å²) < 4.78 is 0. The van der Waals surface area contributed by atoms with E-state index in [4.69, 9.17) is 11.6 Å². The summed E-state index contributed by atoms with van der Waals surface area (Å²) in [6.07, 6.45) is 3.53. The molecule has 5 saturated heterocycles. The Kier molecular flexibility index (Phi) is 9.44. The monoisotopic (exact) mass is 788 g/mol. The van der Waals surface area contributed by atoms with Gasteiger partial charge in [0.15, 0.2) is 0 Å². The summed E-state index contributed by atoms with van der Waals surface area (Å²) in [6.45, 7) is 9.65. The standard InChI is InChI=1S/C43H45ClN8O5/c1-27-43(14-17-51(27)32-7-4-29(24-45)36(44)23-32)12-15-47(16-13-43)30-5-2-28(3-6-30)40(55)49-20-18-48(19-21-49)33-25-50(26-33)31-8-9-34-35(22-31)42(57)52(41(34)56)37-10-11-38(53)46-39(37)54/h2-9,22-23,27,33,37H,10-21,25-26H2,1H3,(H,46,53,54). The first-order valence-corrected chi connectivity index (χ1v) is 20.4. The van der Waals surface area contributed by atoms with E-state index in [1.807, 2.05) is 41.3 Å². The maximum Gasteiger partial charge on any atom is 0.262 e. The van der Waals surface area contributed by atoms with Crippen molar-refractivity contribution in [2.24, 2.45) is 5.41 Å². The number of imide groups is 2. The fraction of sp³-hybridized carbons (Fsp3) is 0.442. The second kappa shape index (κ2) is 14.5. The number of carbonyl (C=O) groups is 5. The maximum absolute atomic E-state index is 13.6. The second-order valence-corrected chi connectivity index (χ2v) is 16.8. The molecule has 1 N–H and O–H groups in total. The van der Waals surface area contributed by atoms with E-state index < -0.39 is 29.7 Å². The molecule has 1 spiro atoms. The summed E-state index contributed by atoms with van der Waals surface area (Å²) in [5, 5.41) is 12.0. The van der Waals surface area contributed by atoms with Crippen LogP contribution in [0.1, 0.15) is 75.7 Å². The number of amides is 5. The van der Waals surface area contributed by atoms with Gasteiger partial charge in [-0.2, -0.15) is 5.26 Å². The van der Waals surface area contributed by atoms with Crippen molar-refractivity contribution in [2.45, 2.75) is 57.2 Å². The quantitative estimate of drug-likeness (QED) is 0.363. The zero-order valence-corrected chi connectivity index (χ0v) is 32.7. The number of halogens is 1. The number of hydrogen-bond donors (Lipinski definition) is 1. The van der Waals surface area contributed by atoms with Gasteiger partial charge in [-0.25, -0.2) is 0 Å². The lowest BCUT2D eigenvalue weighted by atomic mass is 9.73. The molecule has 6 aliphatic rings. The molecular weight excluding hydrogens is 744 g/mol. The van der Waals surface area contributed by atoms with Crippen molar-refractivity contribution in [3.63, 3.8) is 0 Å². The van der Waals surface area contributed by atoms with Crippen LogP contribution >= 0.6 is 11.6 Å². The number of nitrogens with zero attached hydrogens (tertiary/aromatic N) is 7. The molecule has 0 saturated carbocycles. The molecule has 57 heavy (non-hydrogen) atoms. The topological polar surface area (TPSA) is 141 Å². The Morgan fingerprint density at radius 2 is 1.46 bits per heavy atom. The average Bonchev–Trinajstić information content (AvgIpc) is 3.65. The molecular formula is C43H45ClN8O5. The predicted molar refractivity (Wildman–Crippen MR) is 215 cm³/mol. The highest BCUT2D eigenvalue weighted by Crippen LogP contribution is 2.47. The molecule has 2 atom stereocenters. The van der Waals surface area contributed by atoms with Crippen molar-refractivity contribution >= 4 is 58.2 Å². The van der Waals surface area contributed by atoms with Crippen LogP contribution in [0, 0.1) is 16.7 Å². The number of piperazine rings is 1. The van der Waals surface area contributed by atoms with Crippen molar-refractivity contribution in [2.75, 3.05) is 73.6 Å². The highest BCUT2D eigenvalue weighted by molar-refractivity contribution is 6.32. The second-order valence-electron chi connectivity index (χ2n) is 16.4. The SMILES string of the molecule is CC1N(c2ccc(C#N)c(Cl)c2)CCC12CCN(c1ccc(C(=O)N3CCN(C4CN(c5ccc6c(c5)C(=O)N(C5CCC(=O)NC5=O)C6=O)C4)CC3)cc1)CC2. The van der Waals surface area contributed by atoms with Gasteiger partial charge in [0.2, 0.25) is 11.8 Å². The van der Waals surface area contributed by atoms with Gasteiger partial charge in [0.1, 0.15) is 12.1 Å². The molecule has 0 aliphatic carbocycles. The summed E-state index contributed by atoms with van der Waals surface area (Å²) >= 11 is 6.37. The number of hydrogen-bond acceptors (Lipinski definition) is 10. The van der Waals surface area contributed by atoms with Gasteiger partial charge < -0.3 is 19.6 Å². The fourth-order valence-electron chi connectivity index (χ4n) is 9.92. The van der Waals surface area contributed by atoms with Crippen molar-refractivity contribution in [3.05, 3.63) is 87.9 Å². The van der Waals surface area contributed by atoms with Gasteiger partial charge in [-0.05, 0) is 98.7 Å². The van der Waals surface area contributed by atoms with E-state index in [1.165, 1.54) is 0 Å². The summed E-state index contributed by atoms with van der Waals surface area (Å²) in [5.74, 6) is -1.96. The zero-order valence-electron chi connectivity index (χ0n) is 32.0. The summed E-state index contributed by atoms with van der Waals surface area (Å²) in [6, 6.07) is 20.9. The first-order valence-electron chi connectivity index (χ1n) is 20.0. The van der Waals surface area contributed by atoms with Gasteiger partial charge >= 0.3 is 0 Å². The molecule has 0 radical (unpaired) electrons. The highest BCUT2D eigenvalue weighted by Gasteiger charge is 2.47. The number of carbonyl (C=O) groups excluding carboxylic acids is 5.